The molecule has 0 saturated heterocycles. The minimum Gasteiger partial charge on any atom is -0.437 e. The zero-order valence-electron chi connectivity index (χ0n) is 5.23. The number of carbonyl (C=O) groups is 1. The summed E-state index contributed by atoms with van der Waals surface area (Å²) < 4.78 is 12.5. The van der Waals surface area contributed by atoms with Crippen molar-refractivity contribution in [2.75, 3.05) is 7.11 Å². The second kappa shape index (κ2) is 3.17. The first-order chi connectivity index (χ1) is 4.83. The highest BCUT2D eigenvalue weighted by molar-refractivity contribution is 7.03. The summed E-state index contributed by atoms with van der Waals surface area (Å²) in [6.07, 6.45) is -0.745. The van der Waals surface area contributed by atoms with Gasteiger partial charge in [-0.05, 0) is 11.5 Å². The van der Waals surface area contributed by atoms with Crippen LogP contribution in [0.2, 0.25) is 0 Å². The van der Waals surface area contributed by atoms with Gasteiger partial charge in [-0.1, -0.05) is 0 Å². The van der Waals surface area contributed by atoms with E-state index in [0.717, 1.165) is 0 Å². The first-order valence-corrected chi connectivity index (χ1v) is 3.33. The Morgan fingerprint density at radius 3 is 3.10 bits per heavy atom. The molecule has 5 heteroatoms. The van der Waals surface area contributed by atoms with E-state index >= 15 is 0 Å². The zero-order valence-corrected chi connectivity index (χ0v) is 6.05. The van der Waals surface area contributed by atoms with Gasteiger partial charge in [-0.3, -0.25) is 0 Å². The lowest BCUT2D eigenvalue weighted by Gasteiger charge is -1.95. The van der Waals surface area contributed by atoms with Crippen molar-refractivity contribution in [3.8, 4) is 5.88 Å². The summed E-state index contributed by atoms with van der Waals surface area (Å²) in [6, 6.07) is 1.58. The predicted molar refractivity (Wildman–Crippen MR) is 35.1 cm³/mol. The molecule has 54 valence electrons. The molecular formula is C5H5NO3S. The highest BCUT2D eigenvalue weighted by atomic mass is 32.1. The molecule has 0 spiro atoms. The molecule has 0 aliphatic heterocycles. The van der Waals surface area contributed by atoms with Crippen molar-refractivity contribution in [2.24, 2.45) is 0 Å². The summed E-state index contributed by atoms with van der Waals surface area (Å²) in [6.45, 7) is 0. The minimum absolute atomic E-state index is 0.275. The second-order valence-corrected chi connectivity index (χ2v) is 2.06. The molecule has 0 atom stereocenters. The van der Waals surface area contributed by atoms with Crippen LogP contribution >= 0.6 is 11.5 Å². The monoisotopic (exact) mass is 159 g/mol. The maximum atomic E-state index is 10.4. The van der Waals surface area contributed by atoms with Gasteiger partial charge in [-0.2, -0.15) is 4.37 Å². The van der Waals surface area contributed by atoms with Gasteiger partial charge in [0.15, 0.2) is 0 Å². The quantitative estimate of drug-likeness (QED) is 0.579. The summed E-state index contributed by atoms with van der Waals surface area (Å²) >= 11 is 1.21. The maximum Gasteiger partial charge on any atom is 0.514 e. The molecule has 1 aromatic heterocycles. The van der Waals surface area contributed by atoms with Crippen molar-refractivity contribution in [2.45, 2.75) is 0 Å². The molecule has 0 saturated carbocycles. The van der Waals surface area contributed by atoms with Crippen molar-refractivity contribution >= 4 is 17.7 Å². The van der Waals surface area contributed by atoms with E-state index in [1.807, 2.05) is 0 Å². The molecule has 0 fully saturated rings. The van der Waals surface area contributed by atoms with Crippen molar-refractivity contribution in [1.29, 1.82) is 0 Å². The third kappa shape index (κ3) is 1.70. The fourth-order valence-corrected chi connectivity index (χ4v) is 0.821. The van der Waals surface area contributed by atoms with Crippen molar-refractivity contribution < 1.29 is 14.3 Å². The van der Waals surface area contributed by atoms with Crippen LogP contribution in [0.25, 0.3) is 0 Å². The Bertz CT molecular complexity index is 209. The Morgan fingerprint density at radius 2 is 2.60 bits per heavy atom. The van der Waals surface area contributed by atoms with Crippen LogP contribution < -0.4 is 4.74 Å². The predicted octanol–water partition coefficient (Wildman–Crippen LogP) is 1.29. The highest BCUT2D eigenvalue weighted by Gasteiger charge is 2.03. The zero-order chi connectivity index (χ0) is 7.40. The average molecular weight is 159 g/mol. The fourth-order valence-electron chi connectivity index (χ4n) is 0.381. The van der Waals surface area contributed by atoms with E-state index < -0.39 is 6.16 Å². The third-order valence-electron chi connectivity index (χ3n) is 0.769. The van der Waals surface area contributed by atoms with Crippen LogP contribution in [0.15, 0.2) is 11.4 Å². The normalized spacial score (nSPS) is 8.90. The van der Waals surface area contributed by atoms with Gasteiger partial charge in [-0.25, -0.2) is 4.79 Å². The van der Waals surface area contributed by atoms with Crippen molar-refractivity contribution in [1.82, 2.24) is 4.37 Å². The molecule has 0 radical (unpaired) electrons. The van der Waals surface area contributed by atoms with E-state index in [9.17, 15) is 4.79 Å². The standard InChI is InChI=1S/C5H5NO3S/c1-8-5(7)9-4-2-3-10-6-4/h2-3H,1H3. The number of methoxy groups -OCH3 is 1. The van der Waals surface area contributed by atoms with Crippen LogP contribution in [0.5, 0.6) is 5.88 Å². The molecule has 0 aromatic carbocycles. The van der Waals surface area contributed by atoms with Gasteiger partial charge in [0.1, 0.15) is 0 Å². The lowest BCUT2D eigenvalue weighted by atomic mass is 10.7. The van der Waals surface area contributed by atoms with E-state index in [-0.39, 0.29) is 5.88 Å². The minimum atomic E-state index is -0.745. The molecule has 10 heavy (non-hydrogen) atoms. The summed E-state index contributed by atoms with van der Waals surface area (Å²) in [5.41, 5.74) is 0. The van der Waals surface area contributed by atoms with Gasteiger partial charge < -0.3 is 9.47 Å². The molecule has 4 nitrogen and oxygen atoms in total. The number of ether oxygens (including phenoxy) is 2. The molecule has 0 bridgehead atoms. The van der Waals surface area contributed by atoms with E-state index in [1.165, 1.54) is 18.6 Å². The number of aromatic nitrogens is 1. The highest BCUT2D eigenvalue weighted by Crippen LogP contribution is 2.08. The van der Waals surface area contributed by atoms with Gasteiger partial charge in [0, 0.05) is 11.4 Å². The lowest BCUT2D eigenvalue weighted by molar-refractivity contribution is 0.120. The molecular weight excluding hydrogens is 154 g/mol. The Labute approximate surface area is 61.6 Å². The van der Waals surface area contributed by atoms with Crippen LogP contribution in [-0.4, -0.2) is 17.6 Å². The number of hydrogen-bond donors (Lipinski definition) is 0. The third-order valence-corrected chi connectivity index (χ3v) is 1.31. The first kappa shape index (κ1) is 7.01. The molecule has 0 N–H and O–H groups in total. The first-order valence-electron chi connectivity index (χ1n) is 2.49. The van der Waals surface area contributed by atoms with Crippen LogP contribution in [0.1, 0.15) is 0 Å². The van der Waals surface area contributed by atoms with Gasteiger partial charge in [0.05, 0.1) is 7.11 Å². The molecule has 1 aromatic rings. The topological polar surface area (TPSA) is 48.4 Å². The summed E-state index contributed by atoms with van der Waals surface area (Å²) in [7, 11) is 1.24. The second-order valence-electron chi connectivity index (χ2n) is 1.39. The molecule has 0 unspecified atom stereocenters. The van der Waals surface area contributed by atoms with Crippen molar-refractivity contribution in [3.05, 3.63) is 11.4 Å². The molecule has 0 amide bonds. The largest absolute Gasteiger partial charge is 0.514 e. The van der Waals surface area contributed by atoms with Crippen LogP contribution in [0.4, 0.5) is 4.79 Å². The van der Waals surface area contributed by atoms with Crippen molar-refractivity contribution in [3.63, 3.8) is 0 Å². The SMILES string of the molecule is COC(=O)Oc1ccsn1. The van der Waals surface area contributed by atoms with E-state index in [0.29, 0.717) is 0 Å². The van der Waals surface area contributed by atoms with E-state index in [1.54, 1.807) is 11.4 Å². The Morgan fingerprint density at radius 1 is 1.80 bits per heavy atom. The molecule has 1 heterocycles. The molecule has 1 rings (SSSR count). The van der Waals surface area contributed by atoms with Crippen LogP contribution in [0, 0.1) is 0 Å². The average Bonchev–Trinajstić information content (AvgIpc) is 2.40. The van der Waals surface area contributed by atoms with E-state index in [2.05, 4.69) is 13.8 Å². The van der Waals surface area contributed by atoms with Crippen LogP contribution in [0.3, 0.4) is 0 Å². The Hall–Kier alpha value is -1.10. The Balaban J connectivity index is 2.48. The van der Waals surface area contributed by atoms with E-state index in [4.69, 9.17) is 0 Å². The Kier molecular flexibility index (Phi) is 2.22. The maximum absolute atomic E-state index is 10.4. The van der Waals surface area contributed by atoms with Gasteiger partial charge in [-0.15, -0.1) is 0 Å². The number of hydrogen-bond acceptors (Lipinski definition) is 5. The summed E-state index contributed by atoms with van der Waals surface area (Å²) in [5, 5.41) is 1.71. The molecule has 0 aliphatic carbocycles. The summed E-state index contributed by atoms with van der Waals surface area (Å²) in [4.78, 5) is 10.4. The van der Waals surface area contributed by atoms with Gasteiger partial charge >= 0.3 is 6.16 Å². The number of carbonyl (C=O) groups excluding carboxylic acids is 1. The van der Waals surface area contributed by atoms with Gasteiger partial charge in [0.25, 0.3) is 0 Å². The van der Waals surface area contributed by atoms with Crippen LogP contribution in [-0.2, 0) is 4.74 Å². The number of nitrogens with zero attached hydrogens (tertiary/aromatic N) is 1. The van der Waals surface area contributed by atoms with Gasteiger partial charge in [0.2, 0.25) is 5.88 Å². The fraction of sp³-hybridized carbons (Fsp3) is 0.200. The lowest BCUT2D eigenvalue weighted by Crippen LogP contribution is -2.06. The molecule has 0 aliphatic rings. The number of rotatable bonds is 1. The summed E-state index contributed by atoms with van der Waals surface area (Å²) in [5.74, 6) is 0.275. The smallest absolute Gasteiger partial charge is 0.437 e.